The van der Waals surface area contributed by atoms with Gasteiger partial charge in [-0.25, -0.2) is 0 Å². The largest absolute Gasteiger partial charge is 0.493 e. The number of nitrogens with two attached hydrogens (primary N) is 1. The third-order valence-electron chi connectivity index (χ3n) is 2.35. The van der Waals surface area contributed by atoms with Crippen molar-refractivity contribution in [2.45, 2.75) is 20.3 Å². The monoisotopic (exact) mass is 236 g/mol. The van der Waals surface area contributed by atoms with Crippen molar-refractivity contribution in [3.8, 4) is 5.75 Å². The van der Waals surface area contributed by atoms with Crippen LogP contribution in [0, 0.1) is 6.92 Å². The highest BCUT2D eigenvalue weighted by atomic mass is 16.5. The van der Waals surface area contributed by atoms with Crippen LogP contribution in [-0.2, 0) is 0 Å². The van der Waals surface area contributed by atoms with E-state index in [1.165, 1.54) is 0 Å². The highest BCUT2D eigenvalue weighted by Gasteiger charge is 2.11. The fourth-order valence-electron chi connectivity index (χ4n) is 1.50. The molecule has 4 heteroatoms. The Hall–Kier alpha value is -1.55. The first-order valence-electron chi connectivity index (χ1n) is 5.90. The van der Waals surface area contributed by atoms with Crippen molar-refractivity contribution >= 4 is 5.91 Å². The van der Waals surface area contributed by atoms with Gasteiger partial charge in [0.05, 0.1) is 12.2 Å². The van der Waals surface area contributed by atoms with Crippen LogP contribution in [0.15, 0.2) is 18.2 Å². The van der Waals surface area contributed by atoms with Crippen LogP contribution in [0.3, 0.4) is 0 Å². The van der Waals surface area contributed by atoms with E-state index in [9.17, 15) is 4.79 Å². The molecule has 0 unspecified atom stereocenters. The van der Waals surface area contributed by atoms with Crippen molar-refractivity contribution in [2.75, 3.05) is 19.7 Å². The highest BCUT2D eigenvalue weighted by molar-refractivity contribution is 5.97. The number of hydrogen-bond acceptors (Lipinski definition) is 3. The van der Waals surface area contributed by atoms with Crippen molar-refractivity contribution in [3.05, 3.63) is 29.3 Å². The summed E-state index contributed by atoms with van der Waals surface area (Å²) < 4.78 is 5.43. The summed E-state index contributed by atoms with van der Waals surface area (Å²) in [6.45, 7) is 5.57. The lowest BCUT2D eigenvalue weighted by Crippen LogP contribution is -2.26. The van der Waals surface area contributed by atoms with Crippen LogP contribution < -0.4 is 15.8 Å². The molecule has 94 valence electrons. The van der Waals surface area contributed by atoms with Gasteiger partial charge in [-0.05, 0) is 38.9 Å². The molecule has 3 N–H and O–H groups in total. The number of carbonyl (C=O) groups excluding carboxylic acids is 1. The lowest BCUT2D eigenvalue weighted by atomic mass is 10.1. The van der Waals surface area contributed by atoms with Gasteiger partial charge in [-0.1, -0.05) is 11.6 Å². The smallest absolute Gasteiger partial charge is 0.255 e. The summed E-state index contributed by atoms with van der Waals surface area (Å²) in [5.74, 6) is 0.522. The van der Waals surface area contributed by atoms with Gasteiger partial charge in [0.25, 0.3) is 5.91 Å². The molecule has 1 aromatic carbocycles. The third-order valence-corrected chi connectivity index (χ3v) is 2.35. The molecule has 0 aliphatic heterocycles. The maximum absolute atomic E-state index is 11.9. The zero-order valence-electron chi connectivity index (χ0n) is 10.5. The quantitative estimate of drug-likeness (QED) is 0.735. The standard InChI is InChI=1S/C13H20N2O2/c1-3-17-12-6-5-10(2)9-11(12)13(16)15-8-4-7-14/h5-6,9H,3-4,7-8,14H2,1-2H3,(H,15,16). The van der Waals surface area contributed by atoms with Gasteiger partial charge in [0.15, 0.2) is 0 Å². The van der Waals surface area contributed by atoms with E-state index in [2.05, 4.69) is 5.32 Å². The van der Waals surface area contributed by atoms with Gasteiger partial charge < -0.3 is 15.8 Å². The van der Waals surface area contributed by atoms with Crippen LogP contribution in [0.1, 0.15) is 29.3 Å². The Morgan fingerprint density at radius 1 is 1.47 bits per heavy atom. The Bertz CT molecular complexity index is 378. The van der Waals surface area contributed by atoms with Crippen LogP contribution in [0.2, 0.25) is 0 Å². The second-order valence-electron chi connectivity index (χ2n) is 3.83. The second kappa shape index (κ2) is 6.91. The molecule has 4 nitrogen and oxygen atoms in total. The Kier molecular flexibility index (Phi) is 5.49. The maximum atomic E-state index is 11.9. The summed E-state index contributed by atoms with van der Waals surface area (Å²) in [5, 5.41) is 2.83. The van der Waals surface area contributed by atoms with Crippen LogP contribution >= 0.6 is 0 Å². The Morgan fingerprint density at radius 3 is 2.88 bits per heavy atom. The molecule has 1 aromatic rings. The van der Waals surface area contributed by atoms with E-state index in [1.54, 1.807) is 0 Å². The predicted octanol–water partition coefficient (Wildman–Crippen LogP) is 1.47. The van der Waals surface area contributed by atoms with E-state index < -0.39 is 0 Å². The highest BCUT2D eigenvalue weighted by Crippen LogP contribution is 2.19. The normalized spacial score (nSPS) is 10.1. The van der Waals surface area contributed by atoms with Gasteiger partial charge in [-0.2, -0.15) is 0 Å². The zero-order chi connectivity index (χ0) is 12.7. The van der Waals surface area contributed by atoms with Gasteiger partial charge in [0, 0.05) is 6.54 Å². The summed E-state index contributed by atoms with van der Waals surface area (Å²) in [6.07, 6.45) is 0.779. The Balaban J connectivity index is 2.78. The number of ether oxygens (including phenoxy) is 1. The van der Waals surface area contributed by atoms with E-state index >= 15 is 0 Å². The molecule has 0 heterocycles. The van der Waals surface area contributed by atoms with Crippen LogP contribution in [0.25, 0.3) is 0 Å². The summed E-state index contributed by atoms with van der Waals surface area (Å²) >= 11 is 0. The minimum Gasteiger partial charge on any atom is -0.493 e. The summed E-state index contributed by atoms with van der Waals surface area (Å²) in [6, 6.07) is 5.60. The second-order valence-corrected chi connectivity index (χ2v) is 3.83. The first-order chi connectivity index (χ1) is 8.19. The van der Waals surface area contributed by atoms with Crippen molar-refractivity contribution in [1.29, 1.82) is 0 Å². The first-order valence-corrected chi connectivity index (χ1v) is 5.90. The molecular weight excluding hydrogens is 216 g/mol. The fourth-order valence-corrected chi connectivity index (χ4v) is 1.50. The molecule has 0 atom stereocenters. The van der Waals surface area contributed by atoms with Crippen LogP contribution in [0.4, 0.5) is 0 Å². The Labute approximate surface area is 102 Å². The fraction of sp³-hybridized carbons (Fsp3) is 0.462. The first kappa shape index (κ1) is 13.5. The number of hydrogen-bond donors (Lipinski definition) is 2. The molecule has 1 amide bonds. The van der Waals surface area contributed by atoms with Crippen LogP contribution in [0.5, 0.6) is 5.75 Å². The average molecular weight is 236 g/mol. The number of carbonyl (C=O) groups is 1. The number of aryl methyl sites for hydroxylation is 1. The topological polar surface area (TPSA) is 64.3 Å². The molecule has 0 bridgehead atoms. The lowest BCUT2D eigenvalue weighted by molar-refractivity contribution is 0.0949. The maximum Gasteiger partial charge on any atom is 0.255 e. The van der Waals surface area contributed by atoms with Gasteiger partial charge >= 0.3 is 0 Å². The average Bonchev–Trinajstić information content (AvgIpc) is 2.32. The van der Waals surface area contributed by atoms with E-state index in [-0.39, 0.29) is 5.91 Å². The molecule has 0 radical (unpaired) electrons. The Morgan fingerprint density at radius 2 is 2.24 bits per heavy atom. The molecule has 0 aliphatic rings. The molecule has 0 saturated heterocycles. The molecule has 0 aliphatic carbocycles. The molecular formula is C13H20N2O2. The van der Waals surface area contributed by atoms with E-state index in [4.69, 9.17) is 10.5 Å². The molecule has 0 saturated carbocycles. The van der Waals surface area contributed by atoms with Gasteiger partial charge in [0.1, 0.15) is 5.75 Å². The van der Waals surface area contributed by atoms with E-state index in [1.807, 2.05) is 32.0 Å². The summed E-state index contributed by atoms with van der Waals surface area (Å²) in [4.78, 5) is 11.9. The predicted molar refractivity (Wildman–Crippen MR) is 68.4 cm³/mol. The van der Waals surface area contributed by atoms with Gasteiger partial charge in [0.2, 0.25) is 0 Å². The van der Waals surface area contributed by atoms with Crippen molar-refractivity contribution in [3.63, 3.8) is 0 Å². The van der Waals surface area contributed by atoms with Gasteiger partial charge in [-0.3, -0.25) is 4.79 Å². The van der Waals surface area contributed by atoms with Crippen molar-refractivity contribution in [1.82, 2.24) is 5.32 Å². The zero-order valence-corrected chi connectivity index (χ0v) is 10.5. The number of nitrogens with one attached hydrogen (secondary N) is 1. The minimum atomic E-state index is -0.106. The number of benzene rings is 1. The van der Waals surface area contributed by atoms with E-state index in [0.717, 1.165) is 12.0 Å². The number of rotatable bonds is 6. The SMILES string of the molecule is CCOc1ccc(C)cc1C(=O)NCCCN. The molecule has 17 heavy (non-hydrogen) atoms. The summed E-state index contributed by atoms with van der Waals surface area (Å²) in [7, 11) is 0. The molecule has 0 aromatic heterocycles. The van der Waals surface area contributed by atoms with Crippen molar-refractivity contribution in [2.24, 2.45) is 5.73 Å². The summed E-state index contributed by atoms with van der Waals surface area (Å²) in [5.41, 5.74) is 7.01. The lowest BCUT2D eigenvalue weighted by Gasteiger charge is -2.11. The van der Waals surface area contributed by atoms with E-state index in [0.29, 0.717) is 31.0 Å². The van der Waals surface area contributed by atoms with Crippen LogP contribution in [-0.4, -0.2) is 25.6 Å². The van der Waals surface area contributed by atoms with Gasteiger partial charge in [-0.15, -0.1) is 0 Å². The molecule has 0 fully saturated rings. The van der Waals surface area contributed by atoms with Crippen molar-refractivity contribution < 1.29 is 9.53 Å². The number of amides is 1. The minimum absolute atomic E-state index is 0.106. The molecule has 1 rings (SSSR count). The molecule has 0 spiro atoms. The third kappa shape index (κ3) is 4.07.